The quantitative estimate of drug-likeness (QED) is 0.915. The third-order valence-electron chi connectivity index (χ3n) is 3.06. The molecule has 0 aliphatic rings. The minimum atomic E-state index is -0.643. The van der Waals surface area contributed by atoms with Crippen LogP contribution in [0.5, 0.6) is 5.75 Å². The Hall–Kier alpha value is -0.840. The van der Waals surface area contributed by atoms with Gasteiger partial charge in [0.1, 0.15) is 11.9 Å². The second-order valence-corrected chi connectivity index (χ2v) is 6.06. The van der Waals surface area contributed by atoms with Gasteiger partial charge in [0.2, 0.25) is 0 Å². The summed E-state index contributed by atoms with van der Waals surface area (Å²) in [5.74, 6) is 0.770. The van der Waals surface area contributed by atoms with Gasteiger partial charge in [0.25, 0.3) is 0 Å². The molecule has 0 radical (unpaired) electrons. The number of hydrogen-bond donors (Lipinski definition) is 1. The number of halogens is 1. The zero-order valence-electron chi connectivity index (χ0n) is 10.5. The monoisotopic (exact) mass is 326 g/mol. The summed E-state index contributed by atoms with van der Waals surface area (Å²) in [6, 6.07) is 5.88. The Morgan fingerprint density at radius 3 is 2.61 bits per heavy atom. The Labute approximate surface area is 119 Å². The standard InChI is InChI=1S/C14H15BrO2S/c1-8-4-5-11(14(17-3)9(8)2)13(16)12-6-10(15)7-18-12/h4-7,13,16H,1-3H3. The van der Waals surface area contributed by atoms with Crippen molar-refractivity contribution in [2.24, 2.45) is 0 Å². The molecular weight excluding hydrogens is 312 g/mol. The van der Waals surface area contributed by atoms with E-state index in [0.717, 1.165) is 31.8 Å². The number of aliphatic hydroxyl groups excluding tert-OH is 1. The molecule has 0 aliphatic carbocycles. The van der Waals surface area contributed by atoms with Crippen molar-refractivity contribution >= 4 is 27.3 Å². The Balaban J connectivity index is 2.48. The summed E-state index contributed by atoms with van der Waals surface area (Å²) in [7, 11) is 1.64. The summed E-state index contributed by atoms with van der Waals surface area (Å²) < 4.78 is 6.43. The van der Waals surface area contributed by atoms with Crippen LogP contribution in [0.3, 0.4) is 0 Å². The van der Waals surface area contributed by atoms with Crippen LogP contribution in [-0.4, -0.2) is 12.2 Å². The minimum Gasteiger partial charge on any atom is -0.496 e. The zero-order chi connectivity index (χ0) is 13.3. The number of hydrogen-bond acceptors (Lipinski definition) is 3. The number of rotatable bonds is 3. The number of thiophene rings is 1. The number of aryl methyl sites for hydroxylation is 1. The highest BCUT2D eigenvalue weighted by Crippen LogP contribution is 2.36. The lowest BCUT2D eigenvalue weighted by Crippen LogP contribution is -2.03. The lowest BCUT2D eigenvalue weighted by Gasteiger charge is -2.17. The van der Waals surface area contributed by atoms with Crippen LogP contribution in [0.15, 0.2) is 28.1 Å². The molecule has 0 aliphatic heterocycles. The van der Waals surface area contributed by atoms with Gasteiger partial charge in [-0.3, -0.25) is 0 Å². The van der Waals surface area contributed by atoms with Crippen LogP contribution in [0.2, 0.25) is 0 Å². The predicted octanol–water partition coefficient (Wildman–Crippen LogP) is 4.22. The van der Waals surface area contributed by atoms with Crippen molar-refractivity contribution < 1.29 is 9.84 Å². The Bertz CT molecular complexity index is 563. The third kappa shape index (κ3) is 2.46. The van der Waals surface area contributed by atoms with Crippen LogP contribution < -0.4 is 4.74 Å². The summed E-state index contributed by atoms with van der Waals surface area (Å²) >= 11 is 4.93. The second-order valence-electron chi connectivity index (χ2n) is 4.20. The molecule has 1 aromatic carbocycles. The molecule has 2 aromatic rings. The van der Waals surface area contributed by atoms with Gasteiger partial charge in [-0.25, -0.2) is 0 Å². The van der Waals surface area contributed by atoms with Gasteiger partial charge in [0.05, 0.1) is 7.11 Å². The van der Waals surface area contributed by atoms with Crippen LogP contribution >= 0.6 is 27.3 Å². The molecule has 1 aromatic heterocycles. The first-order chi connectivity index (χ1) is 8.54. The molecule has 1 unspecified atom stereocenters. The Morgan fingerprint density at radius 1 is 1.33 bits per heavy atom. The molecule has 96 valence electrons. The molecule has 1 N–H and O–H groups in total. The predicted molar refractivity (Wildman–Crippen MR) is 78.5 cm³/mol. The van der Waals surface area contributed by atoms with Gasteiger partial charge in [-0.2, -0.15) is 0 Å². The number of aliphatic hydroxyl groups is 1. The van der Waals surface area contributed by atoms with E-state index in [1.54, 1.807) is 7.11 Å². The average Bonchev–Trinajstić information content (AvgIpc) is 2.78. The first kappa shape index (κ1) is 13.6. The fraction of sp³-hybridized carbons (Fsp3) is 0.286. The minimum absolute atomic E-state index is 0.643. The maximum atomic E-state index is 10.4. The van der Waals surface area contributed by atoms with E-state index in [1.807, 2.05) is 37.4 Å². The van der Waals surface area contributed by atoms with Gasteiger partial charge in [-0.15, -0.1) is 11.3 Å². The van der Waals surface area contributed by atoms with E-state index in [2.05, 4.69) is 15.9 Å². The molecule has 1 heterocycles. The summed E-state index contributed by atoms with van der Waals surface area (Å²) in [5, 5.41) is 12.4. The summed E-state index contributed by atoms with van der Waals surface area (Å²) in [6.45, 7) is 4.05. The molecule has 1 atom stereocenters. The van der Waals surface area contributed by atoms with E-state index in [4.69, 9.17) is 4.74 Å². The lowest BCUT2D eigenvalue weighted by atomic mass is 10.00. The van der Waals surface area contributed by atoms with Crippen LogP contribution in [0.1, 0.15) is 27.7 Å². The van der Waals surface area contributed by atoms with Gasteiger partial charge in [-0.05, 0) is 47.0 Å². The van der Waals surface area contributed by atoms with Crippen molar-refractivity contribution in [2.75, 3.05) is 7.11 Å². The molecule has 0 fully saturated rings. The van der Waals surface area contributed by atoms with Gasteiger partial charge in [-0.1, -0.05) is 12.1 Å². The van der Waals surface area contributed by atoms with E-state index in [0.29, 0.717) is 0 Å². The zero-order valence-corrected chi connectivity index (χ0v) is 12.9. The topological polar surface area (TPSA) is 29.5 Å². The highest BCUT2D eigenvalue weighted by Gasteiger charge is 2.19. The van der Waals surface area contributed by atoms with Gasteiger partial charge < -0.3 is 9.84 Å². The largest absolute Gasteiger partial charge is 0.496 e. The lowest BCUT2D eigenvalue weighted by molar-refractivity contribution is 0.218. The van der Waals surface area contributed by atoms with E-state index in [9.17, 15) is 5.11 Å². The maximum absolute atomic E-state index is 10.4. The van der Waals surface area contributed by atoms with Crippen molar-refractivity contribution in [2.45, 2.75) is 20.0 Å². The van der Waals surface area contributed by atoms with Crippen molar-refractivity contribution in [1.29, 1.82) is 0 Å². The first-order valence-electron chi connectivity index (χ1n) is 5.60. The Kier molecular flexibility index (Phi) is 4.10. The SMILES string of the molecule is COc1c(C(O)c2cc(Br)cs2)ccc(C)c1C. The molecule has 0 saturated carbocycles. The molecule has 0 amide bonds. The van der Waals surface area contributed by atoms with Crippen LogP contribution in [0, 0.1) is 13.8 Å². The normalized spacial score (nSPS) is 12.5. The van der Waals surface area contributed by atoms with Crippen molar-refractivity contribution in [3.8, 4) is 5.75 Å². The molecule has 0 saturated heterocycles. The smallest absolute Gasteiger partial charge is 0.128 e. The molecule has 18 heavy (non-hydrogen) atoms. The van der Waals surface area contributed by atoms with Crippen molar-refractivity contribution in [3.05, 3.63) is 49.6 Å². The van der Waals surface area contributed by atoms with Gasteiger partial charge in [0.15, 0.2) is 0 Å². The molecular formula is C14H15BrO2S. The van der Waals surface area contributed by atoms with Crippen LogP contribution in [-0.2, 0) is 0 Å². The van der Waals surface area contributed by atoms with Crippen LogP contribution in [0.4, 0.5) is 0 Å². The molecule has 0 bridgehead atoms. The number of benzene rings is 1. The number of ether oxygens (including phenoxy) is 1. The molecule has 4 heteroatoms. The summed E-state index contributed by atoms with van der Waals surface area (Å²) in [6.07, 6.45) is -0.643. The third-order valence-corrected chi connectivity index (χ3v) is 4.81. The summed E-state index contributed by atoms with van der Waals surface area (Å²) in [4.78, 5) is 0.906. The van der Waals surface area contributed by atoms with Gasteiger partial charge >= 0.3 is 0 Å². The summed E-state index contributed by atoms with van der Waals surface area (Å²) in [5.41, 5.74) is 3.05. The van der Waals surface area contributed by atoms with E-state index in [1.165, 1.54) is 11.3 Å². The van der Waals surface area contributed by atoms with Crippen molar-refractivity contribution in [3.63, 3.8) is 0 Å². The van der Waals surface area contributed by atoms with Crippen LogP contribution in [0.25, 0.3) is 0 Å². The first-order valence-corrected chi connectivity index (χ1v) is 7.28. The van der Waals surface area contributed by atoms with E-state index >= 15 is 0 Å². The molecule has 2 nitrogen and oxygen atoms in total. The molecule has 2 rings (SSSR count). The molecule has 0 spiro atoms. The van der Waals surface area contributed by atoms with Crippen molar-refractivity contribution in [1.82, 2.24) is 0 Å². The fourth-order valence-electron chi connectivity index (χ4n) is 1.92. The number of methoxy groups -OCH3 is 1. The Morgan fingerprint density at radius 2 is 2.06 bits per heavy atom. The van der Waals surface area contributed by atoms with E-state index in [-0.39, 0.29) is 0 Å². The van der Waals surface area contributed by atoms with E-state index < -0.39 is 6.10 Å². The maximum Gasteiger partial charge on any atom is 0.128 e. The second kappa shape index (κ2) is 5.43. The van der Waals surface area contributed by atoms with Gasteiger partial charge in [0, 0.05) is 20.3 Å². The average molecular weight is 327 g/mol. The fourth-order valence-corrected chi connectivity index (χ4v) is 3.37. The highest BCUT2D eigenvalue weighted by molar-refractivity contribution is 9.10. The highest BCUT2D eigenvalue weighted by atomic mass is 79.9.